The number of rotatable bonds is 9. The first-order chi connectivity index (χ1) is 46.6. The first kappa shape index (κ1) is 61.0. The summed E-state index contributed by atoms with van der Waals surface area (Å²) in [4.78, 5) is 17.4. The number of hydrogen-bond donors (Lipinski definition) is 0. The topological polar surface area (TPSA) is 53.5 Å². The number of para-hydroxylation sites is 2. The van der Waals surface area contributed by atoms with Crippen molar-refractivity contribution in [1.29, 1.82) is 0 Å². The van der Waals surface area contributed by atoms with E-state index in [1.165, 1.54) is 66.1 Å². The minimum Gasteiger partial charge on any atom is -0.309 e. The van der Waals surface area contributed by atoms with Crippen LogP contribution in [-0.4, -0.2) is 28.7 Å². The molecule has 0 aliphatic heterocycles. The average Bonchev–Trinajstić information content (AvgIpc) is 1.59. The molecular formula is C91H80N6. The lowest BCUT2D eigenvalue weighted by atomic mass is 9.85. The molecule has 4 heterocycles. The predicted octanol–water partition coefficient (Wildman–Crippen LogP) is 24.4. The van der Waals surface area contributed by atoms with Gasteiger partial charge in [0.15, 0.2) is 11.6 Å². The standard InChI is InChI=1S/C91H80N6/c1-88(2,3)65-41-47-79-73(53-65)74-54-66(89(4,5)6)42-48-80(74)95(79)77-29-21-19-27-69(77)85-92-86(70-28-20-22-30-78(70)96-81-49-43-67(90(7,8)9)55-75(81)76-56-68(91(10,11)12)44-50-82(76)96)94-87(93-85)97-83-45-39-63(61-35-31-59(32-36-61)57-23-15-13-16-24-57)51-71(83)72-52-64(40-46-84(72)97)62-37-33-60(34-38-62)58-25-17-14-18-26-58/h13-56H,1-12H3. The van der Waals surface area contributed by atoms with Gasteiger partial charge in [0.25, 0.3) is 0 Å². The zero-order valence-electron chi connectivity index (χ0n) is 57.6. The lowest BCUT2D eigenvalue weighted by Crippen LogP contribution is -2.10. The number of fused-ring (bicyclic) bond motifs is 9. The summed E-state index contributed by atoms with van der Waals surface area (Å²) in [7, 11) is 0. The van der Waals surface area contributed by atoms with Crippen LogP contribution in [0.5, 0.6) is 0 Å². The molecular weight excluding hydrogens is 1180 g/mol. The highest BCUT2D eigenvalue weighted by molar-refractivity contribution is 6.13. The van der Waals surface area contributed by atoms with Crippen LogP contribution in [0.15, 0.2) is 267 Å². The third-order valence-electron chi connectivity index (χ3n) is 20.0. The molecule has 0 radical (unpaired) electrons. The van der Waals surface area contributed by atoms with Gasteiger partial charge in [-0.05, 0) is 185 Å². The minimum atomic E-state index is -0.0572. The first-order valence-electron chi connectivity index (χ1n) is 34.2. The Labute approximate surface area is 569 Å². The Morgan fingerprint density at radius 1 is 0.216 bits per heavy atom. The van der Waals surface area contributed by atoms with Crippen LogP contribution in [-0.2, 0) is 21.7 Å². The molecule has 0 saturated carbocycles. The molecule has 12 aromatic carbocycles. The van der Waals surface area contributed by atoms with E-state index in [1.807, 2.05) is 0 Å². The maximum absolute atomic E-state index is 5.81. The monoisotopic (exact) mass is 1260 g/mol. The summed E-state index contributed by atoms with van der Waals surface area (Å²) in [6.07, 6.45) is 0. The second-order valence-corrected chi connectivity index (χ2v) is 30.6. The third-order valence-corrected chi connectivity index (χ3v) is 20.0. The number of hydrogen-bond acceptors (Lipinski definition) is 3. The Morgan fingerprint density at radius 3 is 0.784 bits per heavy atom. The fourth-order valence-corrected chi connectivity index (χ4v) is 14.4. The van der Waals surface area contributed by atoms with E-state index >= 15 is 0 Å². The van der Waals surface area contributed by atoms with E-state index < -0.39 is 0 Å². The van der Waals surface area contributed by atoms with Gasteiger partial charge in [-0.2, -0.15) is 9.97 Å². The third kappa shape index (κ3) is 10.8. The zero-order chi connectivity index (χ0) is 66.9. The van der Waals surface area contributed by atoms with Gasteiger partial charge in [-0.3, -0.25) is 4.57 Å². The van der Waals surface area contributed by atoms with E-state index in [-0.39, 0.29) is 21.7 Å². The largest absolute Gasteiger partial charge is 0.309 e. The van der Waals surface area contributed by atoms with E-state index in [1.54, 1.807) is 0 Å². The van der Waals surface area contributed by atoms with Crippen molar-refractivity contribution < 1.29 is 0 Å². The van der Waals surface area contributed by atoms with E-state index in [4.69, 9.17) is 15.0 Å². The molecule has 16 aromatic rings. The van der Waals surface area contributed by atoms with Crippen molar-refractivity contribution in [3.05, 3.63) is 289 Å². The maximum Gasteiger partial charge on any atom is 0.238 e. The van der Waals surface area contributed by atoms with Crippen molar-refractivity contribution in [2.45, 2.75) is 105 Å². The maximum atomic E-state index is 5.81. The summed E-state index contributed by atoms with van der Waals surface area (Å²) in [6.45, 7) is 27.6. The fraction of sp³-hybridized carbons (Fsp3) is 0.176. The van der Waals surface area contributed by atoms with Gasteiger partial charge in [-0.15, -0.1) is 0 Å². The van der Waals surface area contributed by atoms with E-state index in [2.05, 4.69) is 364 Å². The number of benzene rings is 12. The lowest BCUT2D eigenvalue weighted by Gasteiger charge is -2.20. The summed E-state index contributed by atoms with van der Waals surface area (Å²) in [6, 6.07) is 98.4. The number of nitrogens with zero attached hydrogens (tertiary/aromatic N) is 6. The van der Waals surface area contributed by atoms with Gasteiger partial charge in [0.1, 0.15) is 0 Å². The molecule has 0 saturated heterocycles. The highest BCUT2D eigenvalue weighted by atomic mass is 15.2. The normalized spacial score (nSPS) is 12.5. The first-order valence-corrected chi connectivity index (χ1v) is 34.2. The Kier molecular flexibility index (Phi) is 14.4. The average molecular weight is 1260 g/mol. The Hall–Kier alpha value is -11.0. The molecule has 0 aliphatic carbocycles. The number of aromatic nitrogens is 6. The molecule has 4 aromatic heterocycles. The summed E-state index contributed by atoms with van der Waals surface area (Å²) in [5.74, 6) is 1.64. The van der Waals surface area contributed by atoms with Crippen LogP contribution in [0.1, 0.15) is 105 Å². The fourth-order valence-electron chi connectivity index (χ4n) is 14.4. The van der Waals surface area contributed by atoms with Crippen molar-refractivity contribution in [2.24, 2.45) is 0 Å². The second-order valence-electron chi connectivity index (χ2n) is 30.6. The van der Waals surface area contributed by atoms with Gasteiger partial charge < -0.3 is 9.13 Å². The van der Waals surface area contributed by atoms with E-state index in [0.717, 1.165) is 88.6 Å². The van der Waals surface area contributed by atoms with Crippen LogP contribution in [0.2, 0.25) is 0 Å². The van der Waals surface area contributed by atoms with Crippen LogP contribution in [0.25, 0.3) is 150 Å². The summed E-state index contributed by atoms with van der Waals surface area (Å²) < 4.78 is 7.15. The van der Waals surface area contributed by atoms with Gasteiger partial charge in [-0.1, -0.05) is 253 Å². The summed E-state index contributed by atoms with van der Waals surface area (Å²) in [5, 5.41) is 7.05. The summed E-state index contributed by atoms with van der Waals surface area (Å²) in [5.41, 5.74) is 24.4. The molecule has 0 aliphatic rings. The summed E-state index contributed by atoms with van der Waals surface area (Å²) >= 11 is 0. The van der Waals surface area contributed by atoms with Crippen molar-refractivity contribution in [2.75, 3.05) is 0 Å². The minimum absolute atomic E-state index is 0.0572. The Bertz CT molecular complexity index is 5260. The van der Waals surface area contributed by atoms with Gasteiger partial charge in [-0.25, -0.2) is 4.98 Å². The molecule has 0 spiro atoms. The van der Waals surface area contributed by atoms with Gasteiger partial charge >= 0.3 is 0 Å². The van der Waals surface area contributed by atoms with Crippen LogP contribution in [0.3, 0.4) is 0 Å². The second kappa shape index (κ2) is 22.9. The Morgan fingerprint density at radius 2 is 0.464 bits per heavy atom. The van der Waals surface area contributed by atoms with Crippen LogP contribution >= 0.6 is 0 Å². The van der Waals surface area contributed by atoms with Gasteiger partial charge in [0, 0.05) is 43.4 Å². The smallest absolute Gasteiger partial charge is 0.238 e. The van der Waals surface area contributed by atoms with E-state index in [0.29, 0.717) is 17.6 Å². The van der Waals surface area contributed by atoms with E-state index in [9.17, 15) is 0 Å². The molecule has 0 amide bonds. The van der Waals surface area contributed by atoms with Crippen molar-refractivity contribution in [3.63, 3.8) is 0 Å². The van der Waals surface area contributed by atoms with Crippen molar-refractivity contribution in [1.82, 2.24) is 28.7 Å². The lowest BCUT2D eigenvalue weighted by molar-refractivity contribution is 0.590. The zero-order valence-corrected chi connectivity index (χ0v) is 57.6. The Balaban J connectivity index is 0.964. The SMILES string of the molecule is CC(C)(C)c1ccc2c(c1)c1cc(C(C)(C)C)ccc1n2-c1ccccc1-c1nc(-c2ccccc2-n2c3ccc(C(C)(C)C)cc3c3cc(C(C)(C)C)ccc32)nc(-n2c3ccc(-c4ccc(-c5ccccc5)cc4)cc3c3cc(-c4ccc(-c5ccccc5)cc4)ccc32)n1. The molecule has 97 heavy (non-hydrogen) atoms. The molecule has 0 fully saturated rings. The molecule has 6 nitrogen and oxygen atoms in total. The highest BCUT2D eigenvalue weighted by Gasteiger charge is 2.28. The molecule has 0 unspecified atom stereocenters. The van der Waals surface area contributed by atoms with Gasteiger partial charge in [0.05, 0.1) is 44.5 Å². The molecule has 6 heteroatoms. The van der Waals surface area contributed by atoms with Crippen LogP contribution < -0.4 is 0 Å². The molecule has 474 valence electrons. The van der Waals surface area contributed by atoms with Gasteiger partial charge in [0.2, 0.25) is 5.95 Å². The molecule has 0 atom stereocenters. The van der Waals surface area contributed by atoms with Crippen LogP contribution in [0, 0.1) is 0 Å². The van der Waals surface area contributed by atoms with Crippen molar-refractivity contribution in [3.8, 4) is 84.6 Å². The molecule has 16 rings (SSSR count). The highest BCUT2D eigenvalue weighted by Crippen LogP contribution is 2.45. The predicted molar refractivity (Wildman–Crippen MR) is 410 cm³/mol. The molecule has 0 N–H and O–H groups in total. The van der Waals surface area contributed by atoms with Crippen LogP contribution in [0.4, 0.5) is 0 Å². The quantitative estimate of drug-likeness (QED) is 0.145. The molecule has 0 bridgehead atoms. The van der Waals surface area contributed by atoms with Crippen molar-refractivity contribution >= 4 is 65.4 Å².